The van der Waals surface area contributed by atoms with E-state index in [1.807, 2.05) is 0 Å². The number of amides is 2. The van der Waals surface area contributed by atoms with Gasteiger partial charge in [-0.15, -0.1) is 0 Å². The summed E-state index contributed by atoms with van der Waals surface area (Å²) >= 11 is 13.4. The summed E-state index contributed by atoms with van der Waals surface area (Å²) in [5.74, 6) is -0.377. The second-order valence-electron chi connectivity index (χ2n) is 6.99. The van der Waals surface area contributed by atoms with E-state index in [0.29, 0.717) is 52.6 Å². The molecule has 2 amide bonds. The fraction of sp³-hybridized carbons (Fsp3) is 0.227. The van der Waals surface area contributed by atoms with Crippen molar-refractivity contribution in [2.24, 2.45) is 4.99 Å². The molecule has 0 radical (unpaired) electrons. The molecule has 1 fully saturated rings. The van der Waals surface area contributed by atoms with E-state index in [2.05, 4.69) is 4.99 Å². The Hall–Kier alpha value is -2.55. The number of benzene rings is 2. The van der Waals surface area contributed by atoms with E-state index in [0.717, 1.165) is 0 Å². The number of carbonyl (C=O) groups is 2. The molecule has 2 heterocycles. The highest BCUT2D eigenvalue weighted by molar-refractivity contribution is 8.14. The third-order valence-corrected chi connectivity index (χ3v) is 6.58. The Balaban J connectivity index is 1.55. The first kappa shape index (κ1) is 22.6. The van der Waals surface area contributed by atoms with E-state index in [9.17, 15) is 14.0 Å². The van der Waals surface area contributed by atoms with Gasteiger partial charge in [0.05, 0.1) is 22.3 Å². The molecule has 166 valence electrons. The summed E-state index contributed by atoms with van der Waals surface area (Å²) in [6.07, 6.45) is 1.94. The smallest absolute Gasteiger partial charge is 0.409 e. The van der Waals surface area contributed by atoms with Gasteiger partial charge in [0, 0.05) is 12.3 Å². The molecule has 0 spiro atoms. The molecule has 0 aromatic heterocycles. The summed E-state index contributed by atoms with van der Waals surface area (Å²) in [6.45, 7) is 1.51. The lowest BCUT2D eigenvalue weighted by Crippen LogP contribution is -2.31. The average Bonchev–Trinajstić information content (AvgIpc) is 3.31. The molecule has 0 bridgehead atoms. The molecule has 6 nitrogen and oxygen atoms in total. The third-order valence-electron chi connectivity index (χ3n) is 4.82. The van der Waals surface area contributed by atoms with Crippen molar-refractivity contribution in [3.8, 4) is 0 Å². The van der Waals surface area contributed by atoms with Crippen molar-refractivity contribution in [2.45, 2.75) is 6.42 Å². The molecule has 2 aliphatic heterocycles. The Kier molecular flexibility index (Phi) is 7.03. The Bertz CT molecular complexity index is 1130. The molecule has 0 aliphatic carbocycles. The molecule has 0 saturated carbocycles. The summed E-state index contributed by atoms with van der Waals surface area (Å²) < 4.78 is 19.4. The van der Waals surface area contributed by atoms with Crippen molar-refractivity contribution >= 4 is 63.9 Å². The number of aliphatic imine (C=N–C) groups is 1. The van der Waals surface area contributed by atoms with Crippen molar-refractivity contribution in [2.75, 3.05) is 30.3 Å². The van der Waals surface area contributed by atoms with E-state index in [4.69, 9.17) is 27.9 Å². The zero-order valence-electron chi connectivity index (χ0n) is 16.8. The zero-order chi connectivity index (χ0) is 22.7. The number of hydrogen-bond donors (Lipinski definition) is 0. The van der Waals surface area contributed by atoms with Crippen LogP contribution in [0, 0.1) is 5.82 Å². The number of rotatable bonds is 6. The maximum atomic E-state index is 14.5. The first-order valence-electron chi connectivity index (χ1n) is 9.83. The largest absolute Gasteiger partial charge is 0.448 e. The van der Waals surface area contributed by atoms with Gasteiger partial charge in [-0.25, -0.2) is 14.2 Å². The van der Waals surface area contributed by atoms with Gasteiger partial charge in [-0.2, -0.15) is 0 Å². The number of thioether (sulfide) groups is 1. The molecule has 0 N–H and O–H groups in total. The summed E-state index contributed by atoms with van der Waals surface area (Å²) in [5, 5.41) is 1.13. The van der Waals surface area contributed by atoms with Gasteiger partial charge in [-0.1, -0.05) is 53.2 Å². The van der Waals surface area contributed by atoms with Crippen LogP contribution in [0.15, 0.2) is 53.2 Å². The molecule has 2 aliphatic rings. The molecule has 1 saturated heterocycles. The summed E-state index contributed by atoms with van der Waals surface area (Å²) in [6, 6.07) is 11.0. The van der Waals surface area contributed by atoms with Crippen LogP contribution in [0.25, 0.3) is 6.08 Å². The number of nitrogens with zero attached hydrogens (tertiary/aromatic N) is 3. The zero-order valence-corrected chi connectivity index (χ0v) is 19.1. The van der Waals surface area contributed by atoms with Gasteiger partial charge < -0.3 is 9.64 Å². The number of ether oxygens (including phenoxy) is 1. The van der Waals surface area contributed by atoms with Crippen LogP contribution in [0.3, 0.4) is 0 Å². The highest BCUT2D eigenvalue weighted by atomic mass is 35.5. The first-order chi connectivity index (χ1) is 15.4. The van der Waals surface area contributed by atoms with Crippen LogP contribution in [0.4, 0.5) is 14.9 Å². The van der Waals surface area contributed by atoms with Crippen LogP contribution < -0.4 is 4.90 Å². The highest BCUT2D eigenvalue weighted by Crippen LogP contribution is 2.32. The molecule has 2 aromatic carbocycles. The lowest BCUT2D eigenvalue weighted by molar-refractivity contribution is -0.113. The normalized spacial score (nSPS) is 17.3. The minimum atomic E-state index is -0.523. The third kappa shape index (κ3) is 4.92. The van der Waals surface area contributed by atoms with Gasteiger partial charge in [-0.3, -0.25) is 9.69 Å². The standard InChI is InChI=1S/C22H18Cl2FN3O3S/c23-15-7-6-14(12-16(15)24)13-18-20(29)28(19-5-2-1-4-17(19)25)21(26-18)32-11-3-8-27-9-10-31-22(27)30/h1-2,4-7,12-13H,3,8-11H2/b18-13-. The number of carbonyl (C=O) groups excluding carboxylic acids is 2. The predicted molar refractivity (Wildman–Crippen MR) is 126 cm³/mol. The minimum absolute atomic E-state index is 0.129. The number of cyclic esters (lactones) is 1. The van der Waals surface area contributed by atoms with Crippen LogP contribution in [0.5, 0.6) is 0 Å². The van der Waals surface area contributed by atoms with Gasteiger partial charge in [0.25, 0.3) is 5.91 Å². The Labute approximate surface area is 198 Å². The van der Waals surface area contributed by atoms with E-state index >= 15 is 0 Å². The fourth-order valence-electron chi connectivity index (χ4n) is 3.25. The van der Waals surface area contributed by atoms with Crippen molar-refractivity contribution < 1.29 is 18.7 Å². The molecule has 0 atom stereocenters. The summed E-state index contributed by atoms with van der Waals surface area (Å²) in [4.78, 5) is 32.1. The van der Waals surface area contributed by atoms with Crippen LogP contribution in [0.2, 0.25) is 10.0 Å². The minimum Gasteiger partial charge on any atom is -0.448 e. The lowest BCUT2D eigenvalue weighted by Gasteiger charge is -2.18. The fourth-order valence-corrected chi connectivity index (χ4v) is 4.48. The van der Waals surface area contributed by atoms with E-state index in [-0.39, 0.29) is 17.5 Å². The summed E-state index contributed by atoms with van der Waals surface area (Å²) in [7, 11) is 0. The number of hydrogen-bond acceptors (Lipinski definition) is 5. The average molecular weight is 494 g/mol. The lowest BCUT2D eigenvalue weighted by atomic mass is 10.2. The van der Waals surface area contributed by atoms with Crippen LogP contribution in [-0.2, 0) is 9.53 Å². The molecule has 10 heteroatoms. The molecule has 0 unspecified atom stereocenters. The Morgan fingerprint density at radius 2 is 1.97 bits per heavy atom. The monoisotopic (exact) mass is 493 g/mol. The maximum absolute atomic E-state index is 14.5. The van der Waals surface area contributed by atoms with Crippen molar-refractivity contribution in [1.29, 1.82) is 0 Å². The van der Waals surface area contributed by atoms with Crippen molar-refractivity contribution in [3.05, 3.63) is 69.6 Å². The van der Waals surface area contributed by atoms with Gasteiger partial charge >= 0.3 is 6.09 Å². The first-order valence-corrected chi connectivity index (χ1v) is 11.6. The number of para-hydroxylation sites is 1. The topological polar surface area (TPSA) is 62.2 Å². The quantitative estimate of drug-likeness (QED) is 0.396. The predicted octanol–water partition coefficient (Wildman–Crippen LogP) is 5.45. The summed E-state index contributed by atoms with van der Waals surface area (Å²) in [5.41, 5.74) is 0.945. The molecular weight excluding hydrogens is 476 g/mol. The van der Waals surface area contributed by atoms with Gasteiger partial charge in [-0.05, 0) is 42.3 Å². The Morgan fingerprint density at radius 3 is 2.69 bits per heavy atom. The Morgan fingerprint density at radius 1 is 1.16 bits per heavy atom. The molecule has 32 heavy (non-hydrogen) atoms. The number of amidine groups is 1. The van der Waals surface area contributed by atoms with Crippen molar-refractivity contribution in [1.82, 2.24) is 4.90 Å². The van der Waals surface area contributed by atoms with Crippen LogP contribution >= 0.6 is 35.0 Å². The van der Waals surface area contributed by atoms with E-state index < -0.39 is 11.7 Å². The van der Waals surface area contributed by atoms with Gasteiger partial charge in [0.15, 0.2) is 5.17 Å². The number of halogens is 3. The van der Waals surface area contributed by atoms with E-state index in [1.54, 1.807) is 41.3 Å². The van der Waals surface area contributed by atoms with Crippen molar-refractivity contribution in [3.63, 3.8) is 0 Å². The molecule has 2 aromatic rings. The molecule has 4 rings (SSSR count). The molecular formula is C22H18Cl2FN3O3S. The van der Waals surface area contributed by atoms with E-state index in [1.165, 1.54) is 28.8 Å². The highest BCUT2D eigenvalue weighted by Gasteiger charge is 2.33. The number of anilines is 1. The second-order valence-corrected chi connectivity index (χ2v) is 8.87. The van der Waals surface area contributed by atoms with Crippen LogP contribution in [-0.4, -0.2) is 47.5 Å². The van der Waals surface area contributed by atoms with Crippen LogP contribution in [0.1, 0.15) is 12.0 Å². The van der Waals surface area contributed by atoms with Gasteiger partial charge in [0.2, 0.25) is 0 Å². The van der Waals surface area contributed by atoms with Gasteiger partial charge in [0.1, 0.15) is 18.1 Å². The second kappa shape index (κ2) is 9.94. The SMILES string of the molecule is O=C1OCCN1CCCSC1=N/C(=C\c2ccc(Cl)c(Cl)c2)C(=O)N1c1ccccc1F. The maximum Gasteiger partial charge on any atom is 0.409 e.